The van der Waals surface area contributed by atoms with Crippen LogP contribution in [0, 0.1) is 17.0 Å². The number of carbonyl (C=O) groups is 1. The van der Waals surface area contributed by atoms with E-state index in [1.54, 1.807) is 30.4 Å². The van der Waals surface area contributed by atoms with Crippen molar-refractivity contribution in [3.05, 3.63) is 55.3 Å². The van der Waals surface area contributed by atoms with Gasteiger partial charge in [-0.15, -0.1) is 11.3 Å². The Kier molecular flexibility index (Phi) is 3.94. The zero-order chi connectivity index (χ0) is 15.7. The van der Waals surface area contributed by atoms with Crippen LogP contribution in [-0.4, -0.2) is 10.8 Å². The molecule has 1 aromatic carbocycles. The molecular weight excluding hydrogens is 300 g/mol. The van der Waals surface area contributed by atoms with Crippen LogP contribution in [0.4, 0.5) is 11.4 Å². The Hall–Kier alpha value is -2.21. The first-order valence-electron chi connectivity index (χ1n) is 7.22. The van der Waals surface area contributed by atoms with Gasteiger partial charge in [-0.05, 0) is 44.2 Å². The lowest BCUT2D eigenvalue weighted by molar-refractivity contribution is -0.385. The van der Waals surface area contributed by atoms with Crippen molar-refractivity contribution in [1.82, 2.24) is 0 Å². The highest BCUT2D eigenvalue weighted by Gasteiger charge is 2.21. The van der Waals surface area contributed by atoms with Crippen molar-refractivity contribution in [1.29, 1.82) is 0 Å². The number of benzene rings is 1. The molecule has 0 saturated carbocycles. The van der Waals surface area contributed by atoms with Crippen LogP contribution in [0.5, 0.6) is 0 Å². The van der Waals surface area contributed by atoms with Crippen LogP contribution in [0.1, 0.15) is 39.2 Å². The Labute approximate surface area is 132 Å². The van der Waals surface area contributed by atoms with E-state index in [4.69, 9.17) is 0 Å². The van der Waals surface area contributed by atoms with Gasteiger partial charge in [-0.25, -0.2) is 0 Å². The molecule has 5 nitrogen and oxygen atoms in total. The average Bonchev–Trinajstić information content (AvgIpc) is 2.93. The number of fused-ring (bicyclic) bond motifs is 1. The van der Waals surface area contributed by atoms with Gasteiger partial charge in [-0.3, -0.25) is 14.9 Å². The average molecular weight is 316 g/mol. The molecule has 0 aliphatic heterocycles. The number of hydrogen-bond donors (Lipinski definition) is 1. The van der Waals surface area contributed by atoms with Crippen LogP contribution in [0.2, 0.25) is 0 Å². The molecule has 2 aromatic rings. The van der Waals surface area contributed by atoms with E-state index in [0.717, 1.165) is 24.8 Å². The van der Waals surface area contributed by atoms with E-state index in [-0.39, 0.29) is 11.6 Å². The molecule has 0 radical (unpaired) electrons. The van der Waals surface area contributed by atoms with Crippen molar-refractivity contribution in [3.8, 4) is 0 Å². The number of thiophene rings is 1. The molecular formula is C16H16N2O3S. The number of nitrogens with one attached hydrogen (secondary N) is 1. The van der Waals surface area contributed by atoms with E-state index < -0.39 is 4.92 Å². The van der Waals surface area contributed by atoms with E-state index in [1.807, 2.05) is 5.38 Å². The number of rotatable bonds is 3. The van der Waals surface area contributed by atoms with Crippen LogP contribution >= 0.6 is 11.3 Å². The summed E-state index contributed by atoms with van der Waals surface area (Å²) in [7, 11) is 0. The fourth-order valence-corrected chi connectivity index (χ4v) is 3.96. The van der Waals surface area contributed by atoms with Crippen LogP contribution in [-0.2, 0) is 12.8 Å². The summed E-state index contributed by atoms with van der Waals surface area (Å²) < 4.78 is 0. The molecule has 0 fully saturated rings. The van der Waals surface area contributed by atoms with Crippen molar-refractivity contribution in [2.75, 3.05) is 5.32 Å². The molecule has 22 heavy (non-hydrogen) atoms. The van der Waals surface area contributed by atoms with Crippen molar-refractivity contribution in [2.24, 2.45) is 0 Å². The molecule has 6 heteroatoms. The summed E-state index contributed by atoms with van der Waals surface area (Å²) in [4.78, 5) is 24.3. The lowest BCUT2D eigenvalue weighted by Crippen LogP contribution is -2.15. The van der Waals surface area contributed by atoms with E-state index >= 15 is 0 Å². The monoisotopic (exact) mass is 316 g/mol. The number of aryl methyl sites for hydroxylation is 1. The first-order chi connectivity index (χ1) is 10.6. The second-order valence-corrected chi connectivity index (χ2v) is 6.38. The van der Waals surface area contributed by atoms with Crippen molar-refractivity contribution in [3.63, 3.8) is 0 Å². The Morgan fingerprint density at radius 2 is 2.09 bits per heavy atom. The third-order valence-electron chi connectivity index (χ3n) is 4.06. The molecule has 1 aromatic heterocycles. The first-order valence-corrected chi connectivity index (χ1v) is 8.10. The van der Waals surface area contributed by atoms with Gasteiger partial charge in [0.2, 0.25) is 0 Å². The predicted octanol–water partition coefficient (Wildman–Crippen LogP) is 4.10. The number of nitrogens with zero attached hydrogens (tertiary/aromatic N) is 1. The maximum Gasteiger partial charge on any atom is 0.274 e. The lowest BCUT2D eigenvalue weighted by atomic mass is 9.95. The van der Waals surface area contributed by atoms with Gasteiger partial charge in [-0.1, -0.05) is 6.07 Å². The minimum atomic E-state index is -0.433. The number of hydrogen-bond acceptors (Lipinski definition) is 4. The summed E-state index contributed by atoms with van der Waals surface area (Å²) in [5.41, 5.74) is 2.85. The van der Waals surface area contributed by atoms with Gasteiger partial charge in [0, 0.05) is 16.3 Å². The summed E-state index contributed by atoms with van der Waals surface area (Å²) in [6, 6.07) is 4.72. The number of carbonyl (C=O) groups excluding carboxylic acids is 1. The fraction of sp³-hybridized carbons (Fsp3) is 0.312. The summed E-state index contributed by atoms with van der Waals surface area (Å²) in [6.07, 6.45) is 4.27. The van der Waals surface area contributed by atoms with Crippen molar-refractivity contribution in [2.45, 2.75) is 32.6 Å². The summed E-state index contributed by atoms with van der Waals surface area (Å²) in [5.74, 6) is -0.178. The zero-order valence-corrected chi connectivity index (χ0v) is 13.0. The van der Waals surface area contributed by atoms with Crippen LogP contribution < -0.4 is 5.32 Å². The number of anilines is 1. The van der Waals surface area contributed by atoms with E-state index in [2.05, 4.69) is 5.32 Å². The molecule has 0 unspecified atom stereocenters. The largest absolute Gasteiger partial charge is 0.321 e. The summed E-state index contributed by atoms with van der Waals surface area (Å²) >= 11 is 1.63. The summed E-state index contributed by atoms with van der Waals surface area (Å²) in [6.45, 7) is 1.65. The van der Waals surface area contributed by atoms with Crippen molar-refractivity contribution < 1.29 is 9.72 Å². The zero-order valence-electron chi connectivity index (χ0n) is 12.2. The maximum absolute atomic E-state index is 12.5. The van der Waals surface area contributed by atoms with Gasteiger partial charge >= 0.3 is 0 Å². The number of amides is 1. The minimum absolute atomic E-state index is 0.0187. The Balaban J connectivity index is 1.88. The molecule has 1 aliphatic carbocycles. The fourth-order valence-electron chi connectivity index (χ4n) is 2.83. The molecule has 0 saturated heterocycles. The van der Waals surface area contributed by atoms with E-state index in [0.29, 0.717) is 16.8 Å². The molecule has 1 amide bonds. The highest BCUT2D eigenvalue weighted by Crippen LogP contribution is 2.31. The van der Waals surface area contributed by atoms with E-state index in [1.165, 1.54) is 17.4 Å². The van der Waals surface area contributed by atoms with Crippen molar-refractivity contribution >= 4 is 28.6 Å². The minimum Gasteiger partial charge on any atom is -0.321 e. The second-order valence-electron chi connectivity index (χ2n) is 5.42. The molecule has 0 spiro atoms. The standard InChI is InChI=1S/C16H16N2O3S/c1-10-13(6-4-7-14(10)18(20)21)17-16(19)12-9-22-15-8-3-2-5-11(12)15/h4,6-7,9H,2-3,5,8H2,1H3,(H,17,19). The van der Waals surface area contributed by atoms with Gasteiger partial charge in [-0.2, -0.15) is 0 Å². The highest BCUT2D eigenvalue weighted by atomic mass is 32.1. The Morgan fingerprint density at radius 1 is 1.32 bits per heavy atom. The van der Waals surface area contributed by atoms with Gasteiger partial charge in [0.05, 0.1) is 21.7 Å². The number of nitro groups is 1. The molecule has 3 rings (SSSR count). The normalized spacial score (nSPS) is 13.5. The topological polar surface area (TPSA) is 72.2 Å². The first kappa shape index (κ1) is 14.7. The van der Waals surface area contributed by atoms with Gasteiger partial charge in [0.1, 0.15) is 0 Å². The Bertz CT molecular complexity index is 752. The third kappa shape index (κ3) is 2.62. The number of nitro benzene ring substituents is 1. The van der Waals surface area contributed by atoms with Crippen LogP contribution in [0.3, 0.4) is 0 Å². The maximum atomic E-state index is 12.5. The van der Waals surface area contributed by atoms with Gasteiger partial charge < -0.3 is 5.32 Å². The molecule has 0 bridgehead atoms. The SMILES string of the molecule is Cc1c(NC(=O)c2csc3c2CCCC3)cccc1[N+](=O)[O-]. The van der Waals surface area contributed by atoms with Crippen LogP contribution in [0.25, 0.3) is 0 Å². The summed E-state index contributed by atoms with van der Waals surface area (Å²) in [5, 5.41) is 15.7. The van der Waals surface area contributed by atoms with Gasteiger partial charge in [0.25, 0.3) is 11.6 Å². The predicted molar refractivity (Wildman–Crippen MR) is 86.7 cm³/mol. The molecule has 1 aliphatic rings. The van der Waals surface area contributed by atoms with Crippen LogP contribution in [0.15, 0.2) is 23.6 Å². The Morgan fingerprint density at radius 3 is 2.86 bits per heavy atom. The second kappa shape index (κ2) is 5.88. The molecule has 0 atom stereocenters. The van der Waals surface area contributed by atoms with E-state index in [9.17, 15) is 14.9 Å². The third-order valence-corrected chi connectivity index (χ3v) is 5.14. The lowest BCUT2D eigenvalue weighted by Gasteiger charge is -2.13. The quantitative estimate of drug-likeness (QED) is 0.684. The highest BCUT2D eigenvalue weighted by molar-refractivity contribution is 7.10. The smallest absolute Gasteiger partial charge is 0.274 e. The molecule has 1 N–H and O–H groups in total. The molecule has 114 valence electrons. The molecule has 1 heterocycles. The van der Waals surface area contributed by atoms with Gasteiger partial charge in [0.15, 0.2) is 0 Å².